The number of carbonyl (C=O) groups is 2. The molecule has 1 atom stereocenters. The Morgan fingerprint density at radius 1 is 1.47 bits per heavy atom. The number of carbonyl (C=O) groups excluding carboxylic acids is 1. The highest BCUT2D eigenvalue weighted by atomic mass is 32.1. The zero-order valence-corrected chi connectivity index (χ0v) is 12.1. The lowest BCUT2D eigenvalue weighted by atomic mass is 10.1. The van der Waals surface area contributed by atoms with E-state index in [1.54, 1.807) is 0 Å². The fourth-order valence-corrected chi connectivity index (χ4v) is 2.41. The number of carboxylic acid groups (broad SMARTS) is 1. The molecule has 1 amide bonds. The van der Waals surface area contributed by atoms with E-state index in [-0.39, 0.29) is 12.3 Å². The van der Waals surface area contributed by atoms with E-state index in [1.807, 2.05) is 19.2 Å². The maximum absolute atomic E-state index is 11.8. The quantitative estimate of drug-likeness (QED) is 0.765. The number of hydrogen-bond acceptors (Lipinski definition) is 4. The van der Waals surface area contributed by atoms with Gasteiger partial charge >= 0.3 is 5.97 Å². The lowest BCUT2D eigenvalue weighted by molar-refractivity contribution is -0.142. The van der Waals surface area contributed by atoms with Crippen LogP contribution in [0.1, 0.15) is 43.8 Å². The van der Waals surface area contributed by atoms with Gasteiger partial charge in [-0.1, -0.05) is 26.7 Å². The van der Waals surface area contributed by atoms with E-state index in [4.69, 9.17) is 5.11 Å². The summed E-state index contributed by atoms with van der Waals surface area (Å²) in [6.45, 7) is 4.00. The van der Waals surface area contributed by atoms with Gasteiger partial charge in [0.15, 0.2) is 0 Å². The number of unbranched alkanes of at least 4 members (excludes halogenated alkanes) is 1. The number of hydrogen-bond donors (Lipinski definition) is 2. The van der Waals surface area contributed by atoms with E-state index in [9.17, 15) is 9.59 Å². The van der Waals surface area contributed by atoms with E-state index in [0.717, 1.165) is 24.3 Å². The first-order valence-corrected chi connectivity index (χ1v) is 7.40. The van der Waals surface area contributed by atoms with Gasteiger partial charge in [-0.3, -0.25) is 4.79 Å². The van der Waals surface area contributed by atoms with E-state index < -0.39 is 12.0 Å². The molecule has 1 aromatic rings. The topological polar surface area (TPSA) is 79.3 Å². The molecule has 106 valence electrons. The Labute approximate surface area is 117 Å². The van der Waals surface area contributed by atoms with Crippen LogP contribution < -0.4 is 5.32 Å². The predicted octanol–water partition coefficient (Wildman–Crippen LogP) is 2.01. The zero-order chi connectivity index (χ0) is 14.3. The Hall–Kier alpha value is -1.43. The molecule has 0 radical (unpaired) electrons. The third-order valence-corrected chi connectivity index (χ3v) is 3.77. The van der Waals surface area contributed by atoms with Crippen molar-refractivity contribution in [2.45, 2.75) is 52.0 Å². The van der Waals surface area contributed by atoms with Gasteiger partial charge in [-0.05, 0) is 12.8 Å². The number of aliphatic carboxylic acids is 1. The maximum atomic E-state index is 11.8. The molecule has 1 rings (SSSR count). The number of amides is 1. The monoisotopic (exact) mass is 284 g/mol. The van der Waals surface area contributed by atoms with E-state index >= 15 is 0 Å². The summed E-state index contributed by atoms with van der Waals surface area (Å²) >= 11 is 1.52. The van der Waals surface area contributed by atoms with Gasteiger partial charge in [0.2, 0.25) is 5.91 Å². The average Bonchev–Trinajstić information content (AvgIpc) is 2.81. The Balaban J connectivity index is 2.49. The van der Waals surface area contributed by atoms with Crippen LogP contribution in [-0.2, 0) is 22.4 Å². The number of aromatic nitrogens is 1. The molecular formula is C13H20N2O3S. The third kappa shape index (κ3) is 5.38. The van der Waals surface area contributed by atoms with Crippen LogP contribution in [0, 0.1) is 0 Å². The third-order valence-electron chi connectivity index (χ3n) is 2.72. The summed E-state index contributed by atoms with van der Waals surface area (Å²) in [7, 11) is 0. The Kier molecular flexibility index (Phi) is 6.49. The van der Waals surface area contributed by atoms with Gasteiger partial charge in [-0.15, -0.1) is 11.3 Å². The molecule has 0 saturated carbocycles. The normalized spacial score (nSPS) is 12.1. The standard InChI is InChI=1S/C13H20N2O3S/c1-3-5-6-10(13(17)18)15-11(16)7-9-8-19-12(4-2)14-9/h8,10H,3-7H2,1-2H3,(H,15,16)(H,17,18). The first kappa shape index (κ1) is 15.6. The predicted molar refractivity (Wildman–Crippen MR) is 74.3 cm³/mol. The molecule has 1 unspecified atom stereocenters. The molecule has 1 aromatic heterocycles. The van der Waals surface area contributed by atoms with Crippen molar-refractivity contribution in [2.75, 3.05) is 0 Å². The van der Waals surface area contributed by atoms with Crippen molar-refractivity contribution < 1.29 is 14.7 Å². The van der Waals surface area contributed by atoms with Crippen LogP contribution in [0.3, 0.4) is 0 Å². The van der Waals surface area contributed by atoms with Gasteiger partial charge in [-0.2, -0.15) is 0 Å². The van der Waals surface area contributed by atoms with Crippen LogP contribution in [0.4, 0.5) is 0 Å². The summed E-state index contributed by atoms with van der Waals surface area (Å²) in [5.41, 5.74) is 0.707. The van der Waals surface area contributed by atoms with Gasteiger partial charge < -0.3 is 10.4 Å². The Morgan fingerprint density at radius 2 is 2.21 bits per heavy atom. The zero-order valence-electron chi connectivity index (χ0n) is 11.3. The molecular weight excluding hydrogens is 264 g/mol. The fourth-order valence-electron chi connectivity index (χ4n) is 1.67. The minimum Gasteiger partial charge on any atom is -0.480 e. The van der Waals surface area contributed by atoms with Crippen LogP contribution in [0.2, 0.25) is 0 Å². The largest absolute Gasteiger partial charge is 0.480 e. The van der Waals surface area contributed by atoms with Crippen LogP contribution in [0.25, 0.3) is 0 Å². The van der Waals surface area contributed by atoms with Gasteiger partial charge in [0, 0.05) is 5.38 Å². The number of rotatable bonds is 8. The van der Waals surface area contributed by atoms with Crippen molar-refractivity contribution in [2.24, 2.45) is 0 Å². The number of thiazole rings is 1. The molecule has 0 aromatic carbocycles. The highest BCUT2D eigenvalue weighted by Gasteiger charge is 2.19. The minimum atomic E-state index is -0.977. The molecule has 0 bridgehead atoms. The summed E-state index contributed by atoms with van der Waals surface area (Å²) in [5.74, 6) is -1.26. The fraction of sp³-hybridized carbons (Fsp3) is 0.615. The van der Waals surface area contributed by atoms with Crippen molar-refractivity contribution in [1.82, 2.24) is 10.3 Å². The molecule has 0 fully saturated rings. The lowest BCUT2D eigenvalue weighted by Gasteiger charge is -2.13. The van der Waals surface area contributed by atoms with Crippen molar-refractivity contribution in [1.29, 1.82) is 0 Å². The average molecular weight is 284 g/mol. The van der Waals surface area contributed by atoms with Gasteiger partial charge in [0.05, 0.1) is 17.1 Å². The molecule has 0 aliphatic heterocycles. The first-order chi connectivity index (χ1) is 9.06. The summed E-state index contributed by atoms with van der Waals surface area (Å²) in [6.07, 6.45) is 3.15. The molecule has 0 spiro atoms. The Morgan fingerprint density at radius 3 is 2.74 bits per heavy atom. The molecule has 6 heteroatoms. The first-order valence-electron chi connectivity index (χ1n) is 6.52. The number of aryl methyl sites for hydroxylation is 1. The van der Waals surface area contributed by atoms with Gasteiger partial charge in [0.25, 0.3) is 0 Å². The summed E-state index contributed by atoms with van der Waals surface area (Å²) in [4.78, 5) is 27.1. The van der Waals surface area contributed by atoms with Crippen molar-refractivity contribution >= 4 is 23.2 Å². The molecule has 0 aliphatic carbocycles. The smallest absolute Gasteiger partial charge is 0.326 e. The molecule has 0 aliphatic rings. The summed E-state index contributed by atoms with van der Waals surface area (Å²) in [5, 5.41) is 14.4. The lowest BCUT2D eigenvalue weighted by Crippen LogP contribution is -2.41. The Bertz CT molecular complexity index is 431. The summed E-state index contributed by atoms with van der Waals surface area (Å²) < 4.78 is 0. The molecule has 1 heterocycles. The molecule has 19 heavy (non-hydrogen) atoms. The van der Waals surface area contributed by atoms with Crippen molar-refractivity contribution in [3.05, 3.63) is 16.1 Å². The molecule has 5 nitrogen and oxygen atoms in total. The van der Waals surface area contributed by atoms with Crippen molar-refractivity contribution in [3.8, 4) is 0 Å². The van der Waals surface area contributed by atoms with Crippen LogP contribution in [0.15, 0.2) is 5.38 Å². The highest BCUT2D eigenvalue weighted by molar-refractivity contribution is 7.09. The van der Waals surface area contributed by atoms with Crippen LogP contribution in [0.5, 0.6) is 0 Å². The SMILES string of the molecule is CCCCC(NC(=O)Cc1csc(CC)n1)C(=O)O. The van der Waals surface area contributed by atoms with E-state index in [2.05, 4.69) is 10.3 Å². The summed E-state index contributed by atoms with van der Waals surface area (Å²) in [6, 6.07) is -0.795. The van der Waals surface area contributed by atoms with Gasteiger partial charge in [0.1, 0.15) is 6.04 Å². The van der Waals surface area contributed by atoms with Crippen LogP contribution in [-0.4, -0.2) is 28.0 Å². The number of nitrogens with one attached hydrogen (secondary N) is 1. The second-order valence-corrected chi connectivity index (χ2v) is 5.31. The van der Waals surface area contributed by atoms with E-state index in [0.29, 0.717) is 12.1 Å². The minimum absolute atomic E-state index is 0.145. The molecule has 2 N–H and O–H groups in total. The van der Waals surface area contributed by atoms with E-state index in [1.165, 1.54) is 11.3 Å². The van der Waals surface area contributed by atoms with Crippen molar-refractivity contribution in [3.63, 3.8) is 0 Å². The number of nitrogens with zero attached hydrogens (tertiary/aromatic N) is 1. The maximum Gasteiger partial charge on any atom is 0.326 e. The second-order valence-electron chi connectivity index (χ2n) is 4.36. The van der Waals surface area contributed by atoms with Crippen LogP contribution >= 0.6 is 11.3 Å². The van der Waals surface area contributed by atoms with Gasteiger partial charge in [-0.25, -0.2) is 9.78 Å². The number of carboxylic acids is 1. The highest BCUT2D eigenvalue weighted by Crippen LogP contribution is 2.11. The second kappa shape index (κ2) is 7.89. The molecule has 0 saturated heterocycles.